The van der Waals surface area contributed by atoms with E-state index < -0.39 is 0 Å². The molecular formula is C23H29N5S. The lowest BCUT2D eigenvalue weighted by Gasteiger charge is -2.37. The molecule has 0 N–H and O–H groups in total. The Kier molecular flexibility index (Phi) is 7.54. The molecular weight excluding hydrogens is 378 g/mol. The van der Waals surface area contributed by atoms with Gasteiger partial charge < -0.3 is 9.80 Å². The summed E-state index contributed by atoms with van der Waals surface area (Å²) in [5.41, 5.74) is 3.48. The molecule has 0 fully saturated rings. The summed E-state index contributed by atoms with van der Waals surface area (Å²) in [6.45, 7) is 7.04. The van der Waals surface area contributed by atoms with Crippen LogP contribution in [0.15, 0.2) is 46.5 Å². The van der Waals surface area contributed by atoms with Gasteiger partial charge in [0.2, 0.25) is 5.96 Å². The monoisotopic (exact) mass is 407 g/mol. The number of anilines is 1. The van der Waals surface area contributed by atoms with Crippen molar-refractivity contribution >= 4 is 29.1 Å². The highest BCUT2D eigenvalue weighted by Crippen LogP contribution is 2.36. The van der Waals surface area contributed by atoms with Crippen LogP contribution in [0.1, 0.15) is 50.7 Å². The standard InChI is InChI=1S/C23H29N5S/c1-4-6-13-27(14-7-5-2)23-26-21-18(16-25-22(29-3)20(21)15-24)17-28(23)19-11-9-8-10-12-19/h8-12,16H,4-7,13-14,17H2,1-3H3. The van der Waals surface area contributed by atoms with E-state index in [1.54, 1.807) is 0 Å². The molecule has 0 bridgehead atoms. The van der Waals surface area contributed by atoms with Gasteiger partial charge in [0.15, 0.2) is 0 Å². The van der Waals surface area contributed by atoms with Gasteiger partial charge in [-0.15, -0.1) is 11.8 Å². The van der Waals surface area contributed by atoms with E-state index in [9.17, 15) is 5.26 Å². The number of fused-ring (bicyclic) bond motifs is 1. The molecule has 1 aliphatic heterocycles. The number of unbranched alkanes of at least 4 members (excludes halogenated alkanes) is 2. The van der Waals surface area contributed by atoms with Crippen LogP contribution in [0.4, 0.5) is 11.4 Å². The van der Waals surface area contributed by atoms with Crippen LogP contribution in [-0.2, 0) is 6.54 Å². The molecule has 29 heavy (non-hydrogen) atoms. The molecule has 152 valence electrons. The molecule has 0 unspecified atom stereocenters. The van der Waals surface area contributed by atoms with Gasteiger partial charge in [-0.25, -0.2) is 9.98 Å². The Morgan fingerprint density at radius 2 is 1.83 bits per heavy atom. The number of rotatable bonds is 8. The molecule has 0 saturated heterocycles. The summed E-state index contributed by atoms with van der Waals surface area (Å²) in [5.74, 6) is 0.945. The summed E-state index contributed by atoms with van der Waals surface area (Å²) in [6.07, 6.45) is 8.35. The zero-order valence-electron chi connectivity index (χ0n) is 17.6. The maximum Gasteiger partial charge on any atom is 0.206 e. The van der Waals surface area contributed by atoms with Crippen molar-refractivity contribution in [1.29, 1.82) is 5.26 Å². The number of hydrogen-bond acceptors (Lipinski definition) is 6. The number of thioether (sulfide) groups is 1. The Morgan fingerprint density at radius 1 is 1.14 bits per heavy atom. The average molecular weight is 408 g/mol. The maximum absolute atomic E-state index is 9.80. The first kappa shape index (κ1) is 21.2. The number of aromatic nitrogens is 1. The molecule has 6 heteroatoms. The van der Waals surface area contributed by atoms with Gasteiger partial charge >= 0.3 is 0 Å². The predicted octanol–water partition coefficient (Wildman–Crippen LogP) is 5.59. The minimum Gasteiger partial charge on any atom is -0.342 e. The Morgan fingerprint density at radius 3 is 2.41 bits per heavy atom. The fourth-order valence-electron chi connectivity index (χ4n) is 3.49. The lowest BCUT2D eigenvalue weighted by atomic mass is 10.1. The SMILES string of the molecule is CCCCN(CCCC)C1=Nc2c(cnc(SC)c2C#N)CN1c1ccccc1. The van der Waals surface area contributed by atoms with Crippen LogP contribution in [0.2, 0.25) is 0 Å². The van der Waals surface area contributed by atoms with Gasteiger partial charge in [-0.05, 0) is 31.2 Å². The van der Waals surface area contributed by atoms with E-state index >= 15 is 0 Å². The Balaban J connectivity index is 2.12. The first-order valence-electron chi connectivity index (χ1n) is 10.4. The number of hydrogen-bond donors (Lipinski definition) is 0. The highest BCUT2D eigenvalue weighted by atomic mass is 32.2. The quantitative estimate of drug-likeness (QED) is 0.534. The lowest BCUT2D eigenvalue weighted by molar-refractivity contribution is 0.389. The van der Waals surface area contributed by atoms with Crippen LogP contribution in [0.5, 0.6) is 0 Å². The Hall–Kier alpha value is -2.52. The van der Waals surface area contributed by atoms with Crippen molar-refractivity contribution in [2.75, 3.05) is 24.2 Å². The van der Waals surface area contributed by atoms with E-state index in [4.69, 9.17) is 4.99 Å². The maximum atomic E-state index is 9.80. The van der Waals surface area contributed by atoms with Crippen molar-refractivity contribution in [2.45, 2.75) is 51.1 Å². The van der Waals surface area contributed by atoms with E-state index in [0.29, 0.717) is 12.1 Å². The van der Waals surface area contributed by atoms with E-state index in [0.717, 1.165) is 66.7 Å². The Bertz CT molecular complexity index is 880. The number of para-hydroxylation sites is 1. The summed E-state index contributed by atoms with van der Waals surface area (Å²) < 4.78 is 0. The second-order valence-corrected chi connectivity index (χ2v) is 7.95. The van der Waals surface area contributed by atoms with Gasteiger partial charge in [0.1, 0.15) is 16.7 Å². The molecule has 0 atom stereocenters. The molecule has 2 heterocycles. The summed E-state index contributed by atoms with van der Waals surface area (Å²) in [4.78, 5) is 14.2. The first-order valence-corrected chi connectivity index (χ1v) is 11.6. The summed E-state index contributed by atoms with van der Waals surface area (Å²) in [6, 6.07) is 12.7. The smallest absolute Gasteiger partial charge is 0.206 e. The number of nitrogens with zero attached hydrogens (tertiary/aromatic N) is 5. The summed E-state index contributed by atoms with van der Waals surface area (Å²) >= 11 is 1.50. The van der Waals surface area contributed by atoms with Crippen molar-refractivity contribution < 1.29 is 0 Å². The number of nitriles is 1. The van der Waals surface area contributed by atoms with E-state index in [2.05, 4.69) is 59.0 Å². The molecule has 1 aromatic heterocycles. The number of benzene rings is 1. The summed E-state index contributed by atoms with van der Waals surface area (Å²) in [5, 5.41) is 10.5. The molecule has 5 nitrogen and oxygen atoms in total. The Labute approximate surface area is 178 Å². The van der Waals surface area contributed by atoms with Gasteiger partial charge in [0.05, 0.1) is 12.2 Å². The minimum absolute atomic E-state index is 0.589. The van der Waals surface area contributed by atoms with E-state index in [1.807, 2.05) is 18.5 Å². The van der Waals surface area contributed by atoms with Crippen molar-refractivity contribution in [3.8, 4) is 6.07 Å². The molecule has 0 saturated carbocycles. The van der Waals surface area contributed by atoms with Crippen LogP contribution in [0, 0.1) is 11.3 Å². The molecule has 0 spiro atoms. The third-order valence-electron chi connectivity index (χ3n) is 5.09. The van der Waals surface area contributed by atoms with Crippen LogP contribution >= 0.6 is 11.8 Å². The van der Waals surface area contributed by atoms with Gasteiger partial charge in [-0.1, -0.05) is 44.9 Å². The first-order chi connectivity index (χ1) is 14.2. The van der Waals surface area contributed by atoms with Gasteiger partial charge in [-0.2, -0.15) is 5.26 Å². The number of pyridine rings is 1. The second-order valence-electron chi connectivity index (χ2n) is 7.16. The molecule has 0 amide bonds. The van der Waals surface area contributed by atoms with Crippen LogP contribution in [-0.4, -0.2) is 35.2 Å². The van der Waals surface area contributed by atoms with Crippen LogP contribution in [0.3, 0.4) is 0 Å². The predicted molar refractivity (Wildman–Crippen MR) is 122 cm³/mol. The number of aliphatic imine (C=N–C) groups is 1. The molecule has 3 rings (SSSR count). The molecule has 0 radical (unpaired) electrons. The van der Waals surface area contributed by atoms with Gasteiger partial charge in [-0.3, -0.25) is 0 Å². The summed E-state index contributed by atoms with van der Waals surface area (Å²) in [7, 11) is 0. The minimum atomic E-state index is 0.589. The zero-order valence-corrected chi connectivity index (χ0v) is 18.4. The third kappa shape index (κ3) is 4.73. The van der Waals surface area contributed by atoms with Crippen molar-refractivity contribution in [1.82, 2.24) is 9.88 Å². The second kappa shape index (κ2) is 10.3. The van der Waals surface area contributed by atoms with E-state index in [1.165, 1.54) is 11.8 Å². The number of guanidine groups is 1. The largest absolute Gasteiger partial charge is 0.342 e. The molecule has 0 aliphatic carbocycles. The third-order valence-corrected chi connectivity index (χ3v) is 5.79. The highest BCUT2D eigenvalue weighted by molar-refractivity contribution is 7.98. The van der Waals surface area contributed by atoms with Crippen molar-refractivity contribution in [3.05, 3.63) is 47.7 Å². The van der Waals surface area contributed by atoms with Crippen LogP contribution in [0.25, 0.3) is 0 Å². The average Bonchev–Trinajstić information content (AvgIpc) is 2.78. The molecule has 2 aromatic rings. The highest BCUT2D eigenvalue weighted by Gasteiger charge is 2.28. The molecule has 1 aromatic carbocycles. The topological polar surface area (TPSA) is 55.5 Å². The van der Waals surface area contributed by atoms with Gasteiger partial charge in [0.25, 0.3) is 0 Å². The zero-order chi connectivity index (χ0) is 20.6. The molecule has 1 aliphatic rings. The van der Waals surface area contributed by atoms with Crippen molar-refractivity contribution in [3.63, 3.8) is 0 Å². The van der Waals surface area contributed by atoms with Crippen LogP contribution < -0.4 is 4.90 Å². The lowest BCUT2D eigenvalue weighted by Crippen LogP contribution is -2.46. The fraction of sp³-hybridized carbons (Fsp3) is 0.435. The van der Waals surface area contributed by atoms with Crippen molar-refractivity contribution in [2.24, 2.45) is 4.99 Å². The fourth-order valence-corrected chi connectivity index (χ4v) is 3.99. The van der Waals surface area contributed by atoms with Gasteiger partial charge in [0, 0.05) is 30.5 Å². The van der Waals surface area contributed by atoms with E-state index in [-0.39, 0.29) is 0 Å². The normalized spacial score (nSPS) is 12.9.